The number of fused-ring (bicyclic) bond motifs is 1. The van der Waals surface area contributed by atoms with Crippen molar-refractivity contribution in [1.82, 2.24) is 0 Å². The van der Waals surface area contributed by atoms with E-state index in [-0.39, 0.29) is 24.5 Å². The molecule has 0 unspecified atom stereocenters. The Kier molecular flexibility index (Phi) is 5.49. The molecule has 1 aliphatic rings. The van der Waals surface area contributed by atoms with E-state index in [1.54, 1.807) is 31.4 Å². The Balaban J connectivity index is 1.53. The number of rotatable bonds is 6. The van der Waals surface area contributed by atoms with Crippen LogP contribution in [0.3, 0.4) is 0 Å². The second kappa shape index (κ2) is 7.97. The molecule has 0 spiro atoms. The van der Waals surface area contributed by atoms with Gasteiger partial charge in [-0.15, -0.1) is 0 Å². The Bertz CT molecular complexity index is 765. The van der Waals surface area contributed by atoms with Crippen LogP contribution in [0.15, 0.2) is 42.5 Å². The molecule has 1 amide bonds. The first-order chi connectivity index (χ1) is 12.2. The molecule has 1 N–H and O–H groups in total. The standard InChI is InChI=1S/C21H23NO3/c1-25-19-10-8-18(9-11-19)22-21(24)13-12-20(23)17-7-6-15-4-2-3-5-16(15)14-17/h6-11,14H,2-5,12-13H2,1H3,(H,22,24). The minimum absolute atomic E-state index is 0.0262. The van der Waals surface area contributed by atoms with Gasteiger partial charge in [0.15, 0.2) is 5.78 Å². The van der Waals surface area contributed by atoms with Crippen LogP contribution in [-0.4, -0.2) is 18.8 Å². The average Bonchev–Trinajstić information content (AvgIpc) is 2.66. The molecule has 1 aliphatic carbocycles. The summed E-state index contributed by atoms with van der Waals surface area (Å²) in [5.41, 5.74) is 4.07. The fourth-order valence-corrected chi connectivity index (χ4v) is 3.18. The first-order valence-corrected chi connectivity index (χ1v) is 8.74. The summed E-state index contributed by atoms with van der Waals surface area (Å²) in [5, 5.41) is 2.80. The molecular formula is C21H23NO3. The van der Waals surface area contributed by atoms with Gasteiger partial charge in [-0.05, 0) is 67.1 Å². The second-order valence-corrected chi connectivity index (χ2v) is 6.39. The van der Waals surface area contributed by atoms with Gasteiger partial charge in [0.05, 0.1) is 7.11 Å². The Hall–Kier alpha value is -2.62. The highest BCUT2D eigenvalue weighted by Crippen LogP contribution is 2.23. The van der Waals surface area contributed by atoms with E-state index >= 15 is 0 Å². The van der Waals surface area contributed by atoms with E-state index in [9.17, 15) is 9.59 Å². The van der Waals surface area contributed by atoms with Gasteiger partial charge in [0.2, 0.25) is 5.91 Å². The van der Waals surface area contributed by atoms with Gasteiger partial charge >= 0.3 is 0 Å². The van der Waals surface area contributed by atoms with Crippen LogP contribution >= 0.6 is 0 Å². The van der Waals surface area contributed by atoms with Gasteiger partial charge in [0.1, 0.15) is 5.75 Å². The van der Waals surface area contributed by atoms with Gasteiger partial charge in [-0.1, -0.05) is 12.1 Å². The lowest BCUT2D eigenvalue weighted by atomic mass is 9.89. The van der Waals surface area contributed by atoms with Crippen LogP contribution in [0.5, 0.6) is 5.75 Å². The lowest BCUT2D eigenvalue weighted by molar-refractivity contribution is -0.116. The van der Waals surface area contributed by atoms with Crippen LogP contribution in [0.2, 0.25) is 0 Å². The minimum Gasteiger partial charge on any atom is -0.497 e. The zero-order chi connectivity index (χ0) is 17.6. The summed E-state index contributed by atoms with van der Waals surface area (Å²) >= 11 is 0. The van der Waals surface area contributed by atoms with Gasteiger partial charge in [0, 0.05) is 24.1 Å². The fourth-order valence-electron chi connectivity index (χ4n) is 3.18. The summed E-state index contributed by atoms with van der Waals surface area (Å²) in [6, 6.07) is 13.1. The quantitative estimate of drug-likeness (QED) is 0.805. The molecule has 25 heavy (non-hydrogen) atoms. The van der Waals surface area contributed by atoms with Crippen molar-refractivity contribution < 1.29 is 14.3 Å². The molecule has 0 atom stereocenters. The van der Waals surface area contributed by atoms with Crippen LogP contribution < -0.4 is 10.1 Å². The van der Waals surface area contributed by atoms with E-state index in [1.165, 1.54) is 24.0 Å². The smallest absolute Gasteiger partial charge is 0.224 e. The monoisotopic (exact) mass is 337 g/mol. The van der Waals surface area contributed by atoms with Crippen LogP contribution in [0.1, 0.15) is 47.2 Å². The molecule has 0 radical (unpaired) electrons. The number of anilines is 1. The van der Waals surface area contributed by atoms with Gasteiger partial charge in [-0.25, -0.2) is 0 Å². The van der Waals surface area contributed by atoms with Crippen molar-refractivity contribution in [2.45, 2.75) is 38.5 Å². The number of amides is 1. The van der Waals surface area contributed by atoms with E-state index in [2.05, 4.69) is 11.4 Å². The van der Waals surface area contributed by atoms with Crippen LogP contribution in [0.25, 0.3) is 0 Å². The number of methoxy groups -OCH3 is 1. The number of ether oxygens (including phenoxy) is 1. The van der Waals surface area contributed by atoms with E-state index in [0.717, 1.165) is 24.2 Å². The number of nitrogens with one attached hydrogen (secondary N) is 1. The third-order valence-corrected chi connectivity index (χ3v) is 4.62. The van der Waals surface area contributed by atoms with E-state index < -0.39 is 0 Å². The van der Waals surface area contributed by atoms with Crippen molar-refractivity contribution in [2.24, 2.45) is 0 Å². The number of aryl methyl sites for hydroxylation is 2. The van der Waals surface area contributed by atoms with E-state index in [4.69, 9.17) is 4.74 Å². The van der Waals surface area contributed by atoms with Gasteiger partial charge in [-0.3, -0.25) is 9.59 Å². The topological polar surface area (TPSA) is 55.4 Å². The summed E-state index contributed by atoms with van der Waals surface area (Å²) < 4.78 is 5.08. The normalized spacial score (nSPS) is 13.0. The lowest BCUT2D eigenvalue weighted by Crippen LogP contribution is -2.14. The number of hydrogen-bond acceptors (Lipinski definition) is 3. The molecule has 0 aromatic heterocycles. The predicted octanol–water partition coefficient (Wildman–Crippen LogP) is 4.18. The SMILES string of the molecule is COc1ccc(NC(=O)CCC(=O)c2ccc3c(c2)CCCC3)cc1. The Morgan fingerprint density at radius 3 is 2.40 bits per heavy atom. The summed E-state index contributed by atoms with van der Waals surface area (Å²) in [7, 11) is 1.60. The molecule has 0 saturated heterocycles. The van der Waals surface area contributed by atoms with Crippen molar-refractivity contribution in [3.63, 3.8) is 0 Å². The molecular weight excluding hydrogens is 314 g/mol. The zero-order valence-electron chi connectivity index (χ0n) is 14.5. The van der Waals surface area contributed by atoms with Crippen LogP contribution in [-0.2, 0) is 17.6 Å². The van der Waals surface area contributed by atoms with Crippen LogP contribution in [0.4, 0.5) is 5.69 Å². The molecule has 2 aromatic rings. The number of hydrogen-bond donors (Lipinski definition) is 1. The lowest BCUT2D eigenvalue weighted by Gasteiger charge is -2.16. The molecule has 4 nitrogen and oxygen atoms in total. The Morgan fingerprint density at radius 2 is 1.68 bits per heavy atom. The maximum absolute atomic E-state index is 12.4. The third-order valence-electron chi connectivity index (χ3n) is 4.62. The molecule has 0 bridgehead atoms. The molecule has 4 heteroatoms. The molecule has 0 heterocycles. The molecule has 0 saturated carbocycles. The zero-order valence-corrected chi connectivity index (χ0v) is 14.5. The largest absolute Gasteiger partial charge is 0.497 e. The number of carbonyl (C=O) groups is 2. The highest BCUT2D eigenvalue weighted by molar-refractivity contribution is 6.00. The average molecular weight is 337 g/mol. The van der Waals surface area contributed by atoms with E-state index in [1.807, 2.05) is 12.1 Å². The van der Waals surface area contributed by atoms with Crippen molar-refractivity contribution in [1.29, 1.82) is 0 Å². The van der Waals surface area contributed by atoms with Crippen molar-refractivity contribution >= 4 is 17.4 Å². The number of ketones is 1. The maximum Gasteiger partial charge on any atom is 0.224 e. The molecule has 130 valence electrons. The van der Waals surface area contributed by atoms with Crippen molar-refractivity contribution in [3.05, 3.63) is 59.2 Å². The number of benzene rings is 2. The fraction of sp³-hybridized carbons (Fsp3) is 0.333. The summed E-state index contributed by atoms with van der Waals surface area (Å²) in [6.45, 7) is 0. The first-order valence-electron chi connectivity index (χ1n) is 8.74. The summed E-state index contributed by atoms with van der Waals surface area (Å²) in [6.07, 6.45) is 4.98. The van der Waals surface area contributed by atoms with Crippen molar-refractivity contribution in [3.8, 4) is 5.75 Å². The highest BCUT2D eigenvalue weighted by atomic mass is 16.5. The van der Waals surface area contributed by atoms with Crippen molar-refractivity contribution in [2.75, 3.05) is 12.4 Å². The second-order valence-electron chi connectivity index (χ2n) is 6.39. The number of Topliss-reactive ketones (excluding diaryl/α,β-unsaturated/α-hetero) is 1. The van der Waals surface area contributed by atoms with Gasteiger partial charge in [0.25, 0.3) is 0 Å². The predicted molar refractivity (Wildman–Crippen MR) is 98.3 cm³/mol. The third kappa shape index (κ3) is 4.47. The first kappa shape index (κ1) is 17.2. The summed E-state index contributed by atoms with van der Waals surface area (Å²) in [5.74, 6) is 0.607. The van der Waals surface area contributed by atoms with Crippen LogP contribution in [0, 0.1) is 0 Å². The maximum atomic E-state index is 12.4. The van der Waals surface area contributed by atoms with Gasteiger partial charge < -0.3 is 10.1 Å². The summed E-state index contributed by atoms with van der Waals surface area (Å²) in [4.78, 5) is 24.4. The van der Waals surface area contributed by atoms with E-state index in [0.29, 0.717) is 5.69 Å². The molecule has 2 aromatic carbocycles. The Morgan fingerprint density at radius 1 is 0.960 bits per heavy atom. The molecule has 3 rings (SSSR count). The Labute approximate surface area is 148 Å². The number of carbonyl (C=O) groups excluding carboxylic acids is 2. The van der Waals surface area contributed by atoms with Gasteiger partial charge in [-0.2, -0.15) is 0 Å². The molecule has 0 aliphatic heterocycles. The highest BCUT2D eigenvalue weighted by Gasteiger charge is 2.14. The minimum atomic E-state index is -0.156. The molecule has 0 fully saturated rings.